The fourth-order valence-electron chi connectivity index (χ4n) is 2.95. The summed E-state index contributed by atoms with van der Waals surface area (Å²) < 4.78 is 28.7. The summed E-state index contributed by atoms with van der Waals surface area (Å²) in [6.45, 7) is 4.22. The standard InChI is InChI=1S/C18H22ClN3O4S/c1-27(24,25)15-4-5-16(19)17(11-15)20-18(23)13-22-8-6-21(7-9-22)12-14-3-2-10-26-14/h2-5,10-11H,6-9,12-13H2,1H3,(H,20,23). The monoisotopic (exact) mass is 411 g/mol. The van der Waals surface area contributed by atoms with Gasteiger partial charge in [-0.2, -0.15) is 0 Å². The van der Waals surface area contributed by atoms with Gasteiger partial charge in [0.25, 0.3) is 0 Å². The molecule has 1 aliphatic rings. The van der Waals surface area contributed by atoms with Gasteiger partial charge in [0.05, 0.1) is 35.0 Å². The van der Waals surface area contributed by atoms with E-state index in [-0.39, 0.29) is 17.3 Å². The third kappa shape index (κ3) is 5.55. The van der Waals surface area contributed by atoms with E-state index in [2.05, 4.69) is 15.1 Å². The smallest absolute Gasteiger partial charge is 0.238 e. The van der Waals surface area contributed by atoms with Crippen molar-refractivity contribution in [1.82, 2.24) is 9.80 Å². The van der Waals surface area contributed by atoms with Crippen LogP contribution in [0.5, 0.6) is 0 Å². The van der Waals surface area contributed by atoms with Gasteiger partial charge in [0.1, 0.15) is 5.76 Å². The highest BCUT2D eigenvalue weighted by Crippen LogP contribution is 2.25. The van der Waals surface area contributed by atoms with Gasteiger partial charge in [-0.15, -0.1) is 0 Å². The Morgan fingerprint density at radius 1 is 1.19 bits per heavy atom. The molecule has 0 unspecified atom stereocenters. The van der Waals surface area contributed by atoms with Gasteiger partial charge in [0.15, 0.2) is 9.84 Å². The van der Waals surface area contributed by atoms with E-state index in [4.69, 9.17) is 16.0 Å². The normalized spacial score (nSPS) is 16.4. The Balaban J connectivity index is 1.52. The molecule has 27 heavy (non-hydrogen) atoms. The second kappa shape index (κ2) is 8.43. The van der Waals surface area contributed by atoms with Crippen LogP contribution < -0.4 is 5.32 Å². The maximum atomic E-state index is 12.3. The first kappa shape index (κ1) is 19.9. The number of benzene rings is 1. The number of hydrogen-bond donors (Lipinski definition) is 1. The quantitative estimate of drug-likeness (QED) is 0.783. The molecule has 0 bridgehead atoms. The van der Waals surface area contributed by atoms with E-state index in [0.29, 0.717) is 10.7 Å². The summed E-state index contributed by atoms with van der Waals surface area (Å²) in [6, 6.07) is 8.11. The minimum absolute atomic E-state index is 0.119. The number of nitrogens with zero attached hydrogens (tertiary/aromatic N) is 2. The second-order valence-corrected chi connectivity index (χ2v) is 9.02. The van der Waals surface area contributed by atoms with Crippen molar-refractivity contribution >= 4 is 33.0 Å². The van der Waals surface area contributed by atoms with Crippen molar-refractivity contribution in [3.8, 4) is 0 Å². The van der Waals surface area contributed by atoms with Crippen LogP contribution >= 0.6 is 11.6 Å². The predicted molar refractivity (Wildman–Crippen MR) is 104 cm³/mol. The number of halogens is 1. The number of furan rings is 1. The molecule has 3 rings (SSSR count). The number of anilines is 1. The van der Waals surface area contributed by atoms with E-state index in [0.717, 1.165) is 44.7 Å². The molecule has 146 valence electrons. The number of sulfone groups is 1. The van der Waals surface area contributed by atoms with Crippen LogP contribution in [0.25, 0.3) is 0 Å². The molecule has 0 saturated carbocycles. The van der Waals surface area contributed by atoms with Crippen LogP contribution in [0, 0.1) is 0 Å². The van der Waals surface area contributed by atoms with Gasteiger partial charge in [-0.1, -0.05) is 11.6 Å². The van der Waals surface area contributed by atoms with E-state index in [1.54, 1.807) is 6.26 Å². The van der Waals surface area contributed by atoms with Crippen molar-refractivity contribution in [3.63, 3.8) is 0 Å². The van der Waals surface area contributed by atoms with Crippen molar-refractivity contribution in [2.45, 2.75) is 11.4 Å². The summed E-state index contributed by atoms with van der Waals surface area (Å²) in [5.41, 5.74) is 0.307. The molecule has 1 saturated heterocycles. The average molecular weight is 412 g/mol. The molecule has 9 heteroatoms. The molecule has 1 N–H and O–H groups in total. The maximum absolute atomic E-state index is 12.3. The van der Waals surface area contributed by atoms with Gasteiger partial charge in [0, 0.05) is 32.4 Å². The van der Waals surface area contributed by atoms with E-state index < -0.39 is 9.84 Å². The van der Waals surface area contributed by atoms with Crippen LogP contribution in [0.2, 0.25) is 5.02 Å². The van der Waals surface area contributed by atoms with Crippen LogP contribution in [0.4, 0.5) is 5.69 Å². The topological polar surface area (TPSA) is 82.9 Å². The molecule has 0 aliphatic carbocycles. The SMILES string of the molecule is CS(=O)(=O)c1ccc(Cl)c(NC(=O)CN2CCN(Cc3ccco3)CC2)c1. The molecule has 2 heterocycles. The lowest BCUT2D eigenvalue weighted by atomic mass is 10.2. The summed E-state index contributed by atoms with van der Waals surface area (Å²) in [4.78, 5) is 16.8. The highest BCUT2D eigenvalue weighted by molar-refractivity contribution is 7.90. The summed E-state index contributed by atoms with van der Waals surface area (Å²) in [7, 11) is -3.37. The van der Waals surface area contributed by atoms with E-state index in [1.165, 1.54) is 18.2 Å². The molecular weight excluding hydrogens is 390 g/mol. The Morgan fingerprint density at radius 3 is 2.52 bits per heavy atom. The van der Waals surface area contributed by atoms with Gasteiger partial charge in [-0.25, -0.2) is 8.42 Å². The number of hydrogen-bond acceptors (Lipinski definition) is 6. The number of carbonyl (C=O) groups is 1. The number of carbonyl (C=O) groups excluding carboxylic acids is 1. The van der Waals surface area contributed by atoms with Gasteiger partial charge >= 0.3 is 0 Å². The molecule has 0 atom stereocenters. The molecule has 1 aliphatic heterocycles. The molecule has 1 amide bonds. The molecule has 7 nitrogen and oxygen atoms in total. The summed E-state index contributed by atoms with van der Waals surface area (Å²) in [6.07, 6.45) is 2.78. The number of nitrogens with one attached hydrogen (secondary N) is 1. The zero-order chi connectivity index (χ0) is 19.4. The van der Waals surface area contributed by atoms with Crippen LogP contribution in [0.3, 0.4) is 0 Å². The lowest BCUT2D eigenvalue weighted by Crippen LogP contribution is -2.48. The Kier molecular flexibility index (Phi) is 6.21. The highest BCUT2D eigenvalue weighted by Gasteiger charge is 2.20. The van der Waals surface area contributed by atoms with Gasteiger partial charge in [0.2, 0.25) is 5.91 Å². The van der Waals surface area contributed by atoms with Gasteiger partial charge < -0.3 is 9.73 Å². The average Bonchev–Trinajstić information content (AvgIpc) is 3.10. The summed E-state index contributed by atoms with van der Waals surface area (Å²) in [5, 5.41) is 3.02. The number of rotatable bonds is 6. The Bertz CT molecular complexity index is 891. The third-order valence-electron chi connectivity index (χ3n) is 4.43. The van der Waals surface area contributed by atoms with Gasteiger partial charge in [-0.3, -0.25) is 14.6 Å². The van der Waals surface area contributed by atoms with Crippen molar-refractivity contribution < 1.29 is 17.6 Å². The molecule has 2 aromatic rings. The van der Waals surface area contributed by atoms with Crippen LogP contribution in [0.1, 0.15) is 5.76 Å². The van der Waals surface area contributed by atoms with Gasteiger partial charge in [-0.05, 0) is 30.3 Å². The van der Waals surface area contributed by atoms with Crippen molar-refractivity contribution in [2.24, 2.45) is 0 Å². The fraction of sp³-hybridized carbons (Fsp3) is 0.389. The minimum atomic E-state index is -3.37. The summed E-state index contributed by atoms with van der Waals surface area (Å²) in [5.74, 6) is 0.712. The summed E-state index contributed by atoms with van der Waals surface area (Å²) >= 11 is 6.08. The maximum Gasteiger partial charge on any atom is 0.238 e. The number of piperazine rings is 1. The predicted octanol–water partition coefficient (Wildman–Crippen LogP) is 2.09. The molecule has 0 spiro atoms. The second-order valence-electron chi connectivity index (χ2n) is 6.59. The van der Waals surface area contributed by atoms with Crippen molar-refractivity contribution in [1.29, 1.82) is 0 Å². The minimum Gasteiger partial charge on any atom is -0.468 e. The first-order valence-electron chi connectivity index (χ1n) is 8.58. The Hall–Kier alpha value is -1.87. The molecule has 0 radical (unpaired) electrons. The zero-order valence-corrected chi connectivity index (χ0v) is 16.6. The Labute approximate surface area is 163 Å². The fourth-order valence-corrected chi connectivity index (χ4v) is 3.76. The Morgan fingerprint density at radius 2 is 1.89 bits per heavy atom. The lowest BCUT2D eigenvalue weighted by Gasteiger charge is -2.33. The first-order valence-corrected chi connectivity index (χ1v) is 10.8. The zero-order valence-electron chi connectivity index (χ0n) is 15.0. The molecular formula is C18H22ClN3O4S. The first-order chi connectivity index (χ1) is 12.8. The molecule has 1 aromatic heterocycles. The van der Waals surface area contributed by atoms with E-state index in [1.807, 2.05) is 12.1 Å². The van der Waals surface area contributed by atoms with Crippen LogP contribution in [0.15, 0.2) is 45.9 Å². The largest absolute Gasteiger partial charge is 0.468 e. The third-order valence-corrected chi connectivity index (χ3v) is 5.87. The van der Waals surface area contributed by atoms with Crippen molar-refractivity contribution in [3.05, 3.63) is 47.4 Å². The molecule has 1 aromatic carbocycles. The highest BCUT2D eigenvalue weighted by atomic mass is 35.5. The van der Waals surface area contributed by atoms with Crippen LogP contribution in [-0.4, -0.2) is 63.1 Å². The van der Waals surface area contributed by atoms with Crippen molar-refractivity contribution in [2.75, 3.05) is 44.3 Å². The van der Waals surface area contributed by atoms with E-state index >= 15 is 0 Å². The molecule has 1 fully saturated rings. The number of amides is 1. The van der Waals surface area contributed by atoms with E-state index in [9.17, 15) is 13.2 Å². The lowest BCUT2D eigenvalue weighted by molar-refractivity contribution is -0.117. The van der Waals surface area contributed by atoms with Crippen LogP contribution in [-0.2, 0) is 21.2 Å².